The number of nitrogens with two attached hydrogens (primary N) is 1. The van der Waals surface area contributed by atoms with Crippen molar-refractivity contribution in [3.63, 3.8) is 0 Å². The van der Waals surface area contributed by atoms with E-state index in [-0.39, 0.29) is 5.97 Å². The van der Waals surface area contributed by atoms with Gasteiger partial charge in [0, 0.05) is 32.2 Å². The van der Waals surface area contributed by atoms with E-state index in [9.17, 15) is 4.79 Å². The van der Waals surface area contributed by atoms with Gasteiger partial charge >= 0.3 is 5.97 Å². The van der Waals surface area contributed by atoms with Gasteiger partial charge in [0.05, 0.1) is 7.11 Å². The lowest BCUT2D eigenvalue weighted by Crippen LogP contribution is -2.49. The summed E-state index contributed by atoms with van der Waals surface area (Å²) in [5.74, 6) is -0.317. The maximum absolute atomic E-state index is 11.5. The summed E-state index contributed by atoms with van der Waals surface area (Å²) >= 11 is 0. The molecule has 0 bridgehead atoms. The maximum atomic E-state index is 11.5. The van der Waals surface area contributed by atoms with E-state index >= 15 is 0 Å². The highest BCUT2D eigenvalue weighted by Gasteiger charge is 2.28. The van der Waals surface area contributed by atoms with Crippen LogP contribution in [0.3, 0.4) is 0 Å². The normalized spacial score (nSPS) is 20.9. The van der Waals surface area contributed by atoms with Crippen molar-refractivity contribution in [1.29, 1.82) is 0 Å². The van der Waals surface area contributed by atoms with Crippen LogP contribution in [0.5, 0.6) is 0 Å². The standard InChI is InChI=1S/C15H31N3O2/c1-13(2)18-11-9-17(10-12-18)8-6-5-7-15(3,16)14(19)20-4/h13H,5-12,16H2,1-4H3. The molecule has 1 fully saturated rings. The largest absolute Gasteiger partial charge is 0.468 e. The van der Waals surface area contributed by atoms with Gasteiger partial charge in [0.1, 0.15) is 5.54 Å². The number of ether oxygens (including phenoxy) is 1. The second-order valence-corrected chi connectivity index (χ2v) is 6.34. The molecular weight excluding hydrogens is 254 g/mol. The first-order valence-electron chi connectivity index (χ1n) is 7.70. The molecule has 5 heteroatoms. The van der Waals surface area contributed by atoms with Gasteiger partial charge in [-0.25, -0.2) is 0 Å². The van der Waals surface area contributed by atoms with Gasteiger partial charge in [-0.1, -0.05) is 0 Å². The van der Waals surface area contributed by atoms with Crippen molar-refractivity contribution in [2.45, 2.75) is 51.6 Å². The molecule has 0 aromatic heterocycles. The summed E-state index contributed by atoms with van der Waals surface area (Å²) in [4.78, 5) is 16.5. The van der Waals surface area contributed by atoms with Crippen LogP contribution in [0.4, 0.5) is 0 Å². The van der Waals surface area contributed by atoms with Crippen LogP contribution in [0.1, 0.15) is 40.0 Å². The first kappa shape index (κ1) is 17.4. The van der Waals surface area contributed by atoms with Gasteiger partial charge in [-0.2, -0.15) is 0 Å². The lowest BCUT2D eigenvalue weighted by atomic mass is 9.96. The topological polar surface area (TPSA) is 58.8 Å². The molecule has 1 aliphatic rings. The van der Waals surface area contributed by atoms with Crippen LogP contribution in [0.15, 0.2) is 0 Å². The summed E-state index contributed by atoms with van der Waals surface area (Å²) in [6, 6.07) is 0.648. The number of hydrogen-bond acceptors (Lipinski definition) is 5. The first-order valence-corrected chi connectivity index (χ1v) is 7.70. The average molecular weight is 285 g/mol. The molecule has 2 N–H and O–H groups in total. The highest BCUT2D eigenvalue weighted by Crippen LogP contribution is 2.13. The van der Waals surface area contributed by atoms with Crippen molar-refractivity contribution in [2.75, 3.05) is 39.8 Å². The van der Waals surface area contributed by atoms with Crippen molar-refractivity contribution in [1.82, 2.24) is 9.80 Å². The van der Waals surface area contributed by atoms with Crippen LogP contribution < -0.4 is 5.73 Å². The molecule has 1 saturated heterocycles. The second kappa shape index (κ2) is 7.96. The van der Waals surface area contributed by atoms with Gasteiger partial charge in [0.15, 0.2) is 0 Å². The lowest BCUT2D eigenvalue weighted by Gasteiger charge is -2.37. The fourth-order valence-corrected chi connectivity index (χ4v) is 2.67. The minimum absolute atomic E-state index is 0.317. The van der Waals surface area contributed by atoms with Gasteiger partial charge in [-0.15, -0.1) is 0 Å². The number of nitrogens with zero attached hydrogens (tertiary/aromatic N) is 2. The number of piperazine rings is 1. The van der Waals surface area contributed by atoms with Crippen LogP contribution in [0.25, 0.3) is 0 Å². The number of carbonyl (C=O) groups excluding carboxylic acids is 1. The molecular formula is C15H31N3O2. The molecule has 0 spiro atoms. The number of hydrogen-bond donors (Lipinski definition) is 1. The maximum Gasteiger partial charge on any atom is 0.325 e. The monoisotopic (exact) mass is 285 g/mol. The van der Waals surface area contributed by atoms with E-state index in [4.69, 9.17) is 10.5 Å². The van der Waals surface area contributed by atoms with E-state index in [1.807, 2.05) is 0 Å². The predicted octanol–water partition coefficient (Wildman–Crippen LogP) is 1.07. The molecule has 1 heterocycles. The summed E-state index contributed by atoms with van der Waals surface area (Å²) in [6.07, 6.45) is 2.74. The second-order valence-electron chi connectivity index (χ2n) is 6.34. The molecule has 0 radical (unpaired) electrons. The van der Waals surface area contributed by atoms with Crippen molar-refractivity contribution in [3.05, 3.63) is 0 Å². The van der Waals surface area contributed by atoms with Crippen LogP contribution in [-0.2, 0) is 9.53 Å². The number of esters is 1. The van der Waals surface area contributed by atoms with Gasteiger partial charge in [0.2, 0.25) is 0 Å². The molecule has 1 aliphatic heterocycles. The van der Waals surface area contributed by atoms with Crippen molar-refractivity contribution in [2.24, 2.45) is 5.73 Å². The fourth-order valence-electron chi connectivity index (χ4n) is 2.67. The van der Waals surface area contributed by atoms with Crippen molar-refractivity contribution in [3.8, 4) is 0 Å². The number of unbranched alkanes of at least 4 members (excludes halogenated alkanes) is 1. The Kier molecular flexibility index (Phi) is 6.92. The Hall–Kier alpha value is -0.650. The third-order valence-electron chi connectivity index (χ3n) is 4.21. The van der Waals surface area contributed by atoms with E-state index < -0.39 is 5.54 Å². The van der Waals surface area contributed by atoms with E-state index in [2.05, 4.69) is 23.6 Å². The zero-order chi connectivity index (χ0) is 15.2. The van der Waals surface area contributed by atoms with Gasteiger partial charge < -0.3 is 15.4 Å². The molecule has 20 heavy (non-hydrogen) atoms. The summed E-state index contributed by atoms with van der Waals surface area (Å²) in [6.45, 7) is 12.0. The quantitative estimate of drug-likeness (QED) is 0.560. The van der Waals surface area contributed by atoms with E-state index in [0.717, 1.165) is 45.6 Å². The molecule has 1 rings (SSSR count). The molecule has 0 aromatic carbocycles. The third kappa shape index (κ3) is 5.38. The molecule has 118 valence electrons. The SMILES string of the molecule is COC(=O)C(C)(N)CCCCN1CCN(C(C)C)CC1. The van der Waals surface area contributed by atoms with Crippen LogP contribution >= 0.6 is 0 Å². The van der Waals surface area contributed by atoms with Crippen LogP contribution in [-0.4, -0.2) is 67.2 Å². The Morgan fingerprint density at radius 3 is 2.35 bits per heavy atom. The Balaban J connectivity index is 2.15. The first-order chi connectivity index (χ1) is 9.36. The van der Waals surface area contributed by atoms with E-state index in [1.54, 1.807) is 6.92 Å². The molecule has 0 aromatic rings. The number of rotatable bonds is 7. The molecule has 0 saturated carbocycles. The number of methoxy groups -OCH3 is 1. The minimum Gasteiger partial charge on any atom is -0.468 e. The summed E-state index contributed by atoms with van der Waals surface area (Å²) in [5.41, 5.74) is 5.10. The Bertz CT molecular complexity index is 297. The molecule has 0 aliphatic carbocycles. The summed E-state index contributed by atoms with van der Waals surface area (Å²) in [7, 11) is 1.39. The van der Waals surface area contributed by atoms with E-state index in [0.29, 0.717) is 12.5 Å². The van der Waals surface area contributed by atoms with Crippen LogP contribution in [0, 0.1) is 0 Å². The van der Waals surface area contributed by atoms with Crippen molar-refractivity contribution >= 4 is 5.97 Å². The molecule has 1 unspecified atom stereocenters. The fraction of sp³-hybridized carbons (Fsp3) is 0.933. The molecule has 5 nitrogen and oxygen atoms in total. The summed E-state index contributed by atoms with van der Waals surface area (Å²) < 4.78 is 4.72. The average Bonchev–Trinajstić information content (AvgIpc) is 2.43. The minimum atomic E-state index is -0.842. The Morgan fingerprint density at radius 1 is 1.25 bits per heavy atom. The zero-order valence-corrected chi connectivity index (χ0v) is 13.5. The predicted molar refractivity (Wildman–Crippen MR) is 81.6 cm³/mol. The number of carbonyl (C=O) groups is 1. The van der Waals surface area contributed by atoms with Crippen molar-refractivity contribution < 1.29 is 9.53 Å². The zero-order valence-electron chi connectivity index (χ0n) is 13.5. The van der Waals surface area contributed by atoms with E-state index in [1.165, 1.54) is 7.11 Å². The summed E-state index contributed by atoms with van der Waals surface area (Å²) in [5, 5.41) is 0. The van der Waals surface area contributed by atoms with Crippen LogP contribution in [0.2, 0.25) is 0 Å². The van der Waals surface area contributed by atoms with Gasteiger partial charge in [0.25, 0.3) is 0 Å². The highest BCUT2D eigenvalue weighted by atomic mass is 16.5. The molecule has 1 atom stereocenters. The molecule has 0 amide bonds. The Morgan fingerprint density at radius 2 is 1.85 bits per heavy atom. The van der Waals surface area contributed by atoms with Gasteiger partial charge in [-0.05, 0) is 46.6 Å². The third-order valence-corrected chi connectivity index (χ3v) is 4.21. The van der Waals surface area contributed by atoms with Gasteiger partial charge in [-0.3, -0.25) is 9.69 Å². The Labute approximate surface area is 123 Å². The smallest absolute Gasteiger partial charge is 0.325 e. The lowest BCUT2D eigenvalue weighted by molar-refractivity contribution is -0.146. The highest BCUT2D eigenvalue weighted by molar-refractivity contribution is 5.79.